The highest BCUT2D eigenvalue weighted by Crippen LogP contribution is 2.37. The van der Waals surface area contributed by atoms with E-state index in [0.717, 1.165) is 30.6 Å². The van der Waals surface area contributed by atoms with Gasteiger partial charge in [-0.2, -0.15) is 0 Å². The molecule has 1 aromatic heterocycles. The van der Waals surface area contributed by atoms with Gasteiger partial charge in [-0.05, 0) is 37.1 Å². The van der Waals surface area contributed by atoms with Crippen LogP contribution in [0.4, 0.5) is 4.79 Å². The summed E-state index contributed by atoms with van der Waals surface area (Å²) in [6, 6.07) is 3.70. The predicted octanol–water partition coefficient (Wildman–Crippen LogP) is 2.28. The lowest BCUT2D eigenvalue weighted by Gasteiger charge is -2.26. The van der Waals surface area contributed by atoms with Gasteiger partial charge >= 0.3 is 6.03 Å². The molecule has 3 fully saturated rings. The standard InChI is InChI=1S/C17H21N3O3S/c21-14(19-9-3-5-12(19)13-6-4-10-24-13)11-20-15(22)17(18-16(20)23)7-1-2-8-17/h4,6,10,12H,1-3,5,7-9,11H2,(H,18,23). The molecule has 4 rings (SSSR count). The van der Waals surface area contributed by atoms with Crippen molar-refractivity contribution in [2.75, 3.05) is 13.1 Å². The van der Waals surface area contributed by atoms with Crippen LogP contribution in [-0.4, -0.2) is 46.3 Å². The second kappa shape index (κ2) is 5.88. The Balaban J connectivity index is 1.48. The molecule has 1 saturated carbocycles. The molecule has 24 heavy (non-hydrogen) atoms. The Hall–Kier alpha value is -1.89. The summed E-state index contributed by atoms with van der Waals surface area (Å²) in [5, 5.41) is 4.84. The van der Waals surface area contributed by atoms with Crippen molar-refractivity contribution in [1.29, 1.82) is 0 Å². The van der Waals surface area contributed by atoms with Gasteiger partial charge in [-0.15, -0.1) is 11.3 Å². The van der Waals surface area contributed by atoms with Crippen LogP contribution in [-0.2, 0) is 9.59 Å². The van der Waals surface area contributed by atoms with E-state index >= 15 is 0 Å². The van der Waals surface area contributed by atoms with Gasteiger partial charge in [0, 0.05) is 11.4 Å². The number of urea groups is 1. The van der Waals surface area contributed by atoms with E-state index in [-0.39, 0.29) is 24.4 Å². The van der Waals surface area contributed by atoms with E-state index in [2.05, 4.69) is 5.32 Å². The number of hydrogen-bond acceptors (Lipinski definition) is 4. The smallest absolute Gasteiger partial charge is 0.325 e. The molecular formula is C17H21N3O3S. The lowest BCUT2D eigenvalue weighted by molar-refractivity contribution is -0.139. The lowest BCUT2D eigenvalue weighted by atomic mass is 9.98. The first kappa shape index (κ1) is 15.6. The third-order valence-corrected chi connectivity index (χ3v) is 6.41. The molecule has 7 heteroatoms. The van der Waals surface area contributed by atoms with E-state index in [9.17, 15) is 14.4 Å². The number of carbonyl (C=O) groups is 3. The Morgan fingerprint density at radius 3 is 2.79 bits per heavy atom. The van der Waals surface area contributed by atoms with Crippen LogP contribution in [0.5, 0.6) is 0 Å². The summed E-state index contributed by atoms with van der Waals surface area (Å²) in [4.78, 5) is 41.8. The van der Waals surface area contributed by atoms with Gasteiger partial charge in [-0.25, -0.2) is 4.79 Å². The van der Waals surface area contributed by atoms with Crippen molar-refractivity contribution in [3.63, 3.8) is 0 Å². The summed E-state index contributed by atoms with van der Waals surface area (Å²) >= 11 is 1.65. The second-order valence-electron chi connectivity index (χ2n) is 6.87. The van der Waals surface area contributed by atoms with Crippen LogP contribution in [0.15, 0.2) is 17.5 Å². The SMILES string of the molecule is O=C1NC2(CCCC2)C(=O)N1CC(=O)N1CCCC1c1cccs1. The number of thiophene rings is 1. The van der Waals surface area contributed by atoms with E-state index < -0.39 is 11.6 Å². The van der Waals surface area contributed by atoms with E-state index in [1.165, 1.54) is 4.88 Å². The van der Waals surface area contributed by atoms with Crippen LogP contribution in [0.1, 0.15) is 49.4 Å². The molecule has 1 N–H and O–H groups in total. The molecule has 2 aliphatic heterocycles. The predicted molar refractivity (Wildman–Crippen MR) is 89.5 cm³/mol. The number of rotatable bonds is 3. The highest BCUT2D eigenvalue weighted by molar-refractivity contribution is 7.10. The third kappa shape index (κ3) is 2.42. The quantitative estimate of drug-likeness (QED) is 0.853. The fourth-order valence-corrected chi connectivity index (χ4v) is 5.08. The van der Waals surface area contributed by atoms with Crippen LogP contribution in [0, 0.1) is 0 Å². The van der Waals surface area contributed by atoms with Gasteiger partial charge < -0.3 is 10.2 Å². The van der Waals surface area contributed by atoms with Gasteiger partial charge in [-0.3, -0.25) is 14.5 Å². The molecular weight excluding hydrogens is 326 g/mol. The summed E-state index contributed by atoms with van der Waals surface area (Å²) in [6.45, 7) is 0.546. The number of carbonyl (C=O) groups excluding carboxylic acids is 3. The molecule has 0 radical (unpaired) electrons. The Kier molecular flexibility index (Phi) is 3.83. The van der Waals surface area contributed by atoms with E-state index in [1.54, 1.807) is 11.3 Å². The van der Waals surface area contributed by atoms with Crippen LogP contribution >= 0.6 is 11.3 Å². The molecule has 0 bridgehead atoms. The summed E-state index contributed by atoms with van der Waals surface area (Å²) in [5.74, 6) is -0.352. The van der Waals surface area contributed by atoms with Gasteiger partial charge in [-0.1, -0.05) is 18.9 Å². The number of imide groups is 1. The van der Waals surface area contributed by atoms with Crippen molar-refractivity contribution >= 4 is 29.2 Å². The molecule has 1 spiro atoms. The average Bonchev–Trinajstić information content (AvgIpc) is 3.33. The minimum absolute atomic E-state index is 0.0821. The van der Waals surface area contributed by atoms with Crippen LogP contribution in [0.25, 0.3) is 0 Å². The zero-order valence-electron chi connectivity index (χ0n) is 13.5. The molecule has 2 saturated heterocycles. The minimum Gasteiger partial charge on any atom is -0.333 e. The lowest BCUT2D eigenvalue weighted by Crippen LogP contribution is -2.46. The largest absolute Gasteiger partial charge is 0.333 e. The molecule has 6 nitrogen and oxygen atoms in total. The maximum absolute atomic E-state index is 12.8. The van der Waals surface area contributed by atoms with Crippen molar-refractivity contribution in [3.8, 4) is 0 Å². The van der Waals surface area contributed by atoms with E-state index in [4.69, 9.17) is 0 Å². The molecule has 1 aromatic rings. The fraction of sp³-hybridized carbons (Fsp3) is 0.588. The maximum Gasteiger partial charge on any atom is 0.325 e. The molecule has 0 aromatic carbocycles. The number of hydrogen-bond donors (Lipinski definition) is 1. The summed E-state index contributed by atoms with van der Waals surface area (Å²) < 4.78 is 0. The van der Waals surface area contributed by atoms with E-state index in [1.807, 2.05) is 22.4 Å². The molecule has 128 valence electrons. The van der Waals surface area contributed by atoms with Gasteiger partial charge in [0.2, 0.25) is 5.91 Å². The molecule has 4 amide bonds. The highest BCUT2D eigenvalue weighted by Gasteiger charge is 2.53. The van der Waals surface area contributed by atoms with Crippen molar-refractivity contribution in [2.45, 2.75) is 50.1 Å². The zero-order chi connectivity index (χ0) is 16.7. The number of nitrogens with one attached hydrogen (secondary N) is 1. The van der Waals surface area contributed by atoms with E-state index in [0.29, 0.717) is 19.4 Å². The van der Waals surface area contributed by atoms with Gasteiger partial charge in [0.25, 0.3) is 5.91 Å². The fourth-order valence-electron chi connectivity index (χ4n) is 4.21. The van der Waals surface area contributed by atoms with Crippen molar-refractivity contribution in [3.05, 3.63) is 22.4 Å². The van der Waals surface area contributed by atoms with Gasteiger partial charge in [0.05, 0.1) is 6.04 Å². The zero-order valence-corrected chi connectivity index (χ0v) is 14.3. The first-order valence-corrected chi connectivity index (χ1v) is 9.46. The average molecular weight is 347 g/mol. The highest BCUT2D eigenvalue weighted by atomic mass is 32.1. The van der Waals surface area contributed by atoms with Gasteiger partial charge in [0.15, 0.2) is 0 Å². The Morgan fingerprint density at radius 1 is 1.29 bits per heavy atom. The summed E-state index contributed by atoms with van der Waals surface area (Å²) in [6.07, 6.45) is 5.16. The van der Waals surface area contributed by atoms with Crippen molar-refractivity contribution in [2.24, 2.45) is 0 Å². The molecule has 1 aliphatic carbocycles. The number of amides is 4. The van der Waals surface area contributed by atoms with Crippen molar-refractivity contribution in [1.82, 2.24) is 15.1 Å². The normalized spacial score (nSPS) is 25.8. The first-order valence-electron chi connectivity index (χ1n) is 8.58. The Labute approximate surface area is 144 Å². The monoisotopic (exact) mass is 347 g/mol. The maximum atomic E-state index is 12.8. The Bertz CT molecular complexity index is 667. The first-order chi connectivity index (χ1) is 11.6. The number of nitrogens with zero attached hydrogens (tertiary/aromatic N) is 2. The van der Waals surface area contributed by atoms with Crippen LogP contribution in [0.2, 0.25) is 0 Å². The third-order valence-electron chi connectivity index (χ3n) is 5.44. The molecule has 3 heterocycles. The molecule has 3 aliphatic rings. The summed E-state index contributed by atoms with van der Waals surface area (Å²) in [7, 11) is 0. The minimum atomic E-state index is -0.741. The topological polar surface area (TPSA) is 69.7 Å². The molecule has 1 unspecified atom stereocenters. The van der Waals surface area contributed by atoms with Crippen LogP contribution in [0.3, 0.4) is 0 Å². The molecule has 1 atom stereocenters. The van der Waals surface area contributed by atoms with Crippen molar-refractivity contribution < 1.29 is 14.4 Å². The van der Waals surface area contributed by atoms with Crippen LogP contribution < -0.4 is 5.32 Å². The second-order valence-corrected chi connectivity index (χ2v) is 7.85. The number of likely N-dealkylation sites (tertiary alicyclic amines) is 1. The Morgan fingerprint density at radius 2 is 2.08 bits per heavy atom. The summed E-state index contributed by atoms with van der Waals surface area (Å²) in [5.41, 5.74) is -0.741. The van der Waals surface area contributed by atoms with Gasteiger partial charge in [0.1, 0.15) is 12.1 Å².